The molecule has 0 saturated heterocycles. The standard InChI is InChI=1S/C20H18N2O6/c1-28-20(27)14-8-4-9-15(17(14)24)21-16(23)10-5-11-22-18(25)12-6-2-3-7-13(12)19(22)26/h2-4,6-9,24H,5,10-11H2,1H3,(H,21,23). The van der Waals surface area contributed by atoms with E-state index in [1.54, 1.807) is 24.3 Å². The minimum absolute atomic E-state index is 0.0231. The van der Waals surface area contributed by atoms with Crippen molar-refractivity contribution >= 4 is 29.4 Å². The Kier molecular flexibility index (Phi) is 5.39. The average molecular weight is 382 g/mol. The molecule has 0 aromatic heterocycles. The van der Waals surface area contributed by atoms with Gasteiger partial charge in [0.1, 0.15) is 5.56 Å². The number of imide groups is 1. The number of nitrogens with zero attached hydrogens (tertiary/aromatic N) is 1. The number of benzene rings is 2. The fraction of sp³-hybridized carbons (Fsp3) is 0.200. The van der Waals surface area contributed by atoms with Gasteiger partial charge in [-0.15, -0.1) is 0 Å². The lowest BCUT2D eigenvalue weighted by molar-refractivity contribution is -0.116. The van der Waals surface area contributed by atoms with Crippen LogP contribution in [-0.4, -0.2) is 47.4 Å². The molecule has 2 aromatic rings. The van der Waals surface area contributed by atoms with Crippen molar-refractivity contribution in [3.05, 3.63) is 59.2 Å². The smallest absolute Gasteiger partial charge is 0.341 e. The maximum Gasteiger partial charge on any atom is 0.341 e. The topological polar surface area (TPSA) is 113 Å². The fourth-order valence-electron chi connectivity index (χ4n) is 2.97. The molecule has 2 aromatic carbocycles. The average Bonchev–Trinajstić information content (AvgIpc) is 2.94. The lowest BCUT2D eigenvalue weighted by Crippen LogP contribution is -2.31. The second-order valence-electron chi connectivity index (χ2n) is 6.15. The number of amides is 3. The van der Waals surface area contributed by atoms with Gasteiger partial charge in [0, 0.05) is 13.0 Å². The monoisotopic (exact) mass is 382 g/mol. The zero-order chi connectivity index (χ0) is 20.3. The van der Waals surface area contributed by atoms with Gasteiger partial charge in [-0.05, 0) is 30.7 Å². The number of carbonyl (C=O) groups is 4. The van der Waals surface area contributed by atoms with Crippen LogP contribution in [0.2, 0.25) is 0 Å². The molecule has 1 heterocycles. The second-order valence-corrected chi connectivity index (χ2v) is 6.15. The first-order valence-electron chi connectivity index (χ1n) is 8.59. The highest BCUT2D eigenvalue weighted by Crippen LogP contribution is 2.28. The van der Waals surface area contributed by atoms with Gasteiger partial charge in [-0.3, -0.25) is 19.3 Å². The van der Waals surface area contributed by atoms with Crippen LogP contribution in [0.15, 0.2) is 42.5 Å². The molecule has 8 heteroatoms. The van der Waals surface area contributed by atoms with Gasteiger partial charge in [0.15, 0.2) is 5.75 Å². The number of nitrogens with one attached hydrogen (secondary N) is 1. The van der Waals surface area contributed by atoms with E-state index in [9.17, 15) is 24.3 Å². The van der Waals surface area contributed by atoms with Crippen LogP contribution in [0.5, 0.6) is 5.75 Å². The van der Waals surface area contributed by atoms with Crippen LogP contribution >= 0.6 is 0 Å². The summed E-state index contributed by atoms with van der Waals surface area (Å²) < 4.78 is 4.56. The highest BCUT2D eigenvalue weighted by atomic mass is 16.5. The maximum absolute atomic E-state index is 12.3. The number of ether oxygens (including phenoxy) is 1. The summed E-state index contributed by atoms with van der Waals surface area (Å²) in [5.74, 6) is -2.27. The summed E-state index contributed by atoms with van der Waals surface area (Å²) in [5, 5.41) is 12.6. The number of anilines is 1. The number of carbonyl (C=O) groups excluding carboxylic acids is 4. The highest BCUT2D eigenvalue weighted by Gasteiger charge is 2.34. The van der Waals surface area contributed by atoms with E-state index in [1.807, 2.05) is 0 Å². The Labute approximate surface area is 160 Å². The number of hydrogen-bond donors (Lipinski definition) is 2. The van der Waals surface area contributed by atoms with Crippen molar-refractivity contribution < 1.29 is 29.0 Å². The van der Waals surface area contributed by atoms with Crippen LogP contribution in [0.1, 0.15) is 43.9 Å². The predicted octanol–water partition coefficient (Wildman–Crippen LogP) is 2.19. The van der Waals surface area contributed by atoms with E-state index in [2.05, 4.69) is 10.1 Å². The Morgan fingerprint density at radius 2 is 1.68 bits per heavy atom. The number of hydrogen-bond acceptors (Lipinski definition) is 6. The Hall–Kier alpha value is -3.68. The van der Waals surface area contributed by atoms with Crippen molar-refractivity contribution in [1.82, 2.24) is 4.90 Å². The minimum atomic E-state index is -0.723. The molecule has 144 valence electrons. The molecule has 1 aliphatic rings. The minimum Gasteiger partial charge on any atom is -0.505 e. The second kappa shape index (κ2) is 7.91. The van der Waals surface area contributed by atoms with E-state index < -0.39 is 11.9 Å². The van der Waals surface area contributed by atoms with Crippen LogP contribution in [0.25, 0.3) is 0 Å². The summed E-state index contributed by atoms with van der Waals surface area (Å²) in [5.41, 5.74) is 0.739. The fourth-order valence-corrected chi connectivity index (χ4v) is 2.97. The third-order valence-corrected chi connectivity index (χ3v) is 4.38. The van der Waals surface area contributed by atoms with Gasteiger partial charge in [-0.25, -0.2) is 4.79 Å². The summed E-state index contributed by atoms with van der Waals surface area (Å²) in [6.45, 7) is 0.105. The normalized spacial score (nSPS) is 12.7. The number of aromatic hydroxyl groups is 1. The summed E-state index contributed by atoms with van der Waals surface area (Å²) in [6.07, 6.45) is 0.282. The van der Waals surface area contributed by atoms with E-state index in [1.165, 1.54) is 25.3 Å². The third kappa shape index (κ3) is 3.57. The SMILES string of the molecule is COC(=O)c1cccc(NC(=O)CCCN2C(=O)c3ccccc3C2=O)c1O. The van der Waals surface area contributed by atoms with Crippen molar-refractivity contribution in [1.29, 1.82) is 0 Å². The largest absolute Gasteiger partial charge is 0.505 e. The number of esters is 1. The molecule has 3 amide bonds. The highest BCUT2D eigenvalue weighted by molar-refractivity contribution is 6.21. The van der Waals surface area contributed by atoms with Crippen LogP contribution < -0.4 is 5.32 Å². The number of phenolic OH excluding ortho intramolecular Hbond substituents is 1. The van der Waals surface area contributed by atoms with Gasteiger partial charge in [0.2, 0.25) is 5.91 Å². The van der Waals surface area contributed by atoms with Crippen molar-refractivity contribution in [2.45, 2.75) is 12.8 Å². The van der Waals surface area contributed by atoms with E-state index in [0.717, 1.165) is 4.90 Å². The lowest BCUT2D eigenvalue weighted by Gasteiger charge is -2.14. The van der Waals surface area contributed by atoms with Crippen LogP contribution in [0.3, 0.4) is 0 Å². The molecule has 2 N–H and O–H groups in total. The number of phenols is 1. The van der Waals surface area contributed by atoms with Gasteiger partial charge in [-0.1, -0.05) is 18.2 Å². The molecule has 0 atom stereocenters. The van der Waals surface area contributed by atoms with Gasteiger partial charge < -0.3 is 15.2 Å². The predicted molar refractivity (Wildman–Crippen MR) is 99.1 cm³/mol. The molecule has 0 saturated carbocycles. The molecule has 0 fully saturated rings. The number of para-hydroxylation sites is 1. The van der Waals surface area contributed by atoms with E-state index in [4.69, 9.17) is 0 Å². The Bertz CT molecular complexity index is 934. The quantitative estimate of drug-likeness (QED) is 0.450. The molecule has 8 nitrogen and oxygen atoms in total. The molecule has 28 heavy (non-hydrogen) atoms. The molecule has 0 spiro atoms. The van der Waals surface area contributed by atoms with E-state index in [-0.39, 0.29) is 48.2 Å². The Balaban J connectivity index is 1.57. The Morgan fingerprint density at radius 3 is 2.29 bits per heavy atom. The van der Waals surface area contributed by atoms with Gasteiger partial charge in [-0.2, -0.15) is 0 Å². The first kappa shape index (κ1) is 19.1. The van der Waals surface area contributed by atoms with E-state index >= 15 is 0 Å². The first-order valence-corrected chi connectivity index (χ1v) is 8.59. The zero-order valence-corrected chi connectivity index (χ0v) is 15.1. The van der Waals surface area contributed by atoms with Gasteiger partial charge in [0.25, 0.3) is 11.8 Å². The van der Waals surface area contributed by atoms with Gasteiger partial charge in [0.05, 0.1) is 23.9 Å². The first-order chi connectivity index (χ1) is 13.4. The van der Waals surface area contributed by atoms with Crippen molar-refractivity contribution in [2.24, 2.45) is 0 Å². The Morgan fingerprint density at radius 1 is 1.04 bits per heavy atom. The molecular weight excluding hydrogens is 364 g/mol. The van der Waals surface area contributed by atoms with Crippen molar-refractivity contribution in [3.8, 4) is 5.75 Å². The maximum atomic E-state index is 12.3. The molecule has 3 rings (SSSR count). The molecule has 0 bridgehead atoms. The summed E-state index contributed by atoms with van der Waals surface area (Å²) >= 11 is 0. The summed E-state index contributed by atoms with van der Waals surface area (Å²) in [6, 6.07) is 10.9. The molecule has 0 unspecified atom stereocenters. The molecule has 0 aliphatic carbocycles. The van der Waals surface area contributed by atoms with Crippen molar-refractivity contribution in [2.75, 3.05) is 19.0 Å². The lowest BCUT2D eigenvalue weighted by atomic mass is 10.1. The summed E-state index contributed by atoms with van der Waals surface area (Å²) in [4.78, 5) is 49.4. The molecule has 1 aliphatic heterocycles. The van der Waals surface area contributed by atoms with E-state index in [0.29, 0.717) is 11.1 Å². The molecule has 0 radical (unpaired) electrons. The molecular formula is C20H18N2O6. The van der Waals surface area contributed by atoms with Gasteiger partial charge >= 0.3 is 5.97 Å². The zero-order valence-electron chi connectivity index (χ0n) is 15.1. The van der Waals surface area contributed by atoms with Crippen molar-refractivity contribution in [3.63, 3.8) is 0 Å². The van der Waals surface area contributed by atoms with Crippen LogP contribution in [-0.2, 0) is 9.53 Å². The summed E-state index contributed by atoms with van der Waals surface area (Å²) in [7, 11) is 1.19. The van der Waals surface area contributed by atoms with Crippen LogP contribution in [0, 0.1) is 0 Å². The number of fused-ring (bicyclic) bond motifs is 1. The third-order valence-electron chi connectivity index (χ3n) is 4.38. The number of methoxy groups -OCH3 is 1. The number of rotatable bonds is 6. The van der Waals surface area contributed by atoms with Crippen LogP contribution in [0.4, 0.5) is 5.69 Å².